The lowest BCUT2D eigenvalue weighted by Gasteiger charge is -2.31. The quantitative estimate of drug-likeness (QED) is 0.497. The molecular weight excluding hydrogens is 276 g/mol. The van der Waals surface area contributed by atoms with E-state index in [1.165, 1.54) is 32.1 Å². The molecule has 22 heavy (non-hydrogen) atoms. The van der Waals surface area contributed by atoms with Crippen LogP contribution in [0.3, 0.4) is 0 Å². The Morgan fingerprint density at radius 2 is 1.55 bits per heavy atom. The predicted octanol–water partition coefficient (Wildman–Crippen LogP) is 4.87. The number of ether oxygens (including phenoxy) is 2. The van der Waals surface area contributed by atoms with Crippen LogP contribution < -0.4 is 0 Å². The van der Waals surface area contributed by atoms with E-state index in [1.807, 2.05) is 0 Å². The molecule has 0 aromatic rings. The van der Waals surface area contributed by atoms with Crippen molar-refractivity contribution in [2.75, 3.05) is 6.61 Å². The maximum Gasteiger partial charge on any atom is 0.309 e. The van der Waals surface area contributed by atoms with Gasteiger partial charge in [0.25, 0.3) is 0 Å². The molecule has 2 fully saturated rings. The molecule has 0 amide bonds. The van der Waals surface area contributed by atoms with Crippen LogP contribution in [0.2, 0.25) is 0 Å². The van der Waals surface area contributed by atoms with E-state index in [2.05, 4.69) is 13.8 Å². The van der Waals surface area contributed by atoms with Gasteiger partial charge in [0.2, 0.25) is 0 Å². The van der Waals surface area contributed by atoms with E-state index < -0.39 is 0 Å². The normalized spacial score (nSPS) is 32.6. The summed E-state index contributed by atoms with van der Waals surface area (Å²) in [5.74, 6) is 1.02. The number of hydrogen-bond acceptors (Lipinski definition) is 3. The van der Waals surface area contributed by atoms with Gasteiger partial charge in [-0.15, -0.1) is 0 Å². The average molecular weight is 310 g/mol. The molecule has 0 unspecified atom stereocenters. The molecule has 0 saturated heterocycles. The van der Waals surface area contributed by atoms with Crippen molar-refractivity contribution in [3.05, 3.63) is 0 Å². The first kappa shape index (κ1) is 17.8. The van der Waals surface area contributed by atoms with Crippen molar-refractivity contribution in [3.63, 3.8) is 0 Å². The molecular formula is C19H34O3. The summed E-state index contributed by atoms with van der Waals surface area (Å²) in [6.07, 6.45) is 12.7. The Balaban J connectivity index is 1.59. The van der Waals surface area contributed by atoms with Gasteiger partial charge in [-0.1, -0.05) is 26.7 Å². The van der Waals surface area contributed by atoms with E-state index >= 15 is 0 Å². The Kier molecular flexibility index (Phi) is 7.71. The topological polar surface area (TPSA) is 35.5 Å². The fourth-order valence-electron chi connectivity index (χ4n) is 3.68. The zero-order valence-corrected chi connectivity index (χ0v) is 14.5. The zero-order chi connectivity index (χ0) is 15.8. The number of hydrogen-bond donors (Lipinski definition) is 0. The van der Waals surface area contributed by atoms with Crippen LogP contribution in [-0.2, 0) is 14.3 Å². The summed E-state index contributed by atoms with van der Waals surface area (Å²) < 4.78 is 11.7. The Bertz CT molecular complexity index is 313. The highest BCUT2D eigenvalue weighted by Crippen LogP contribution is 2.31. The molecule has 0 bridgehead atoms. The van der Waals surface area contributed by atoms with Crippen molar-refractivity contribution in [1.29, 1.82) is 0 Å². The summed E-state index contributed by atoms with van der Waals surface area (Å²) in [6, 6.07) is 0. The minimum Gasteiger partial charge on any atom is -0.462 e. The van der Waals surface area contributed by atoms with E-state index in [1.54, 1.807) is 0 Å². The molecule has 2 aliphatic carbocycles. The highest BCUT2D eigenvalue weighted by atomic mass is 16.5. The first-order chi connectivity index (χ1) is 10.7. The monoisotopic (exact) mass is 310 g/mol. The summed E-state index contributed by atoms with van der Waals surface area (Å²) in [5.41, 5.74) is 0. The number of carbonyl (C=O) groups excluding carboxylic acids is 1. The van der Waals surface area contributed by atoms with Crippen molar-refractivity contribution in [2.45, 2.75) is 96.7 Å². The maximum absolute atomic E-state index is 12.2. The number of esters is 1. The van der Waals surface area contributed by atoms with Crippen LogP contribution in [-0.4, -0.2) is 24.8 Å². The molecule has 0 atom stereocenters. The standard InChI is InChI=1S/C19H34O3/c1-3-4-5-14-21-17-10-12-18(13-11-17)22-19(20)16-8-6-15(2)7-9-16/h15-18H,3-14H2,1-2H3. The summed E-state index contributed by atoms with van der Waals surface area (Å²) in [7, 11) is 0. The lowest BCUT2D eigenvalue weighted by atomic mass is 9.83. The molecule has 0 spiro atoms. The molecule has 0 heterocycles. The van der Waals surface area contributed by atoms with Crippen molar-refractivity contribution < 1.29 is 14.3 Å². The molecule has 0 aromatic carbocycles. The van der Waals surface area contributed by atoms with Crippen molar-refractivity contribution in [1.82, 2.24) is 0 Å². The summed E-state index contributed by atoms with van der Waals surface area (Å²) in [5, 5.41) is 0. The molecule has 0 radical (unpaired) electrons. The van der Waals surface area contributed by atoms with Gasteiger partial charge in [-0.25, -0.2) is 0 Å². The van der Waals surface area contributed by atoms with Crippen LogP contribution in [0.5, 0.6) is 0 Å². The van der Waals surface area contributed by atoms with Crippen molar-refractivity contribution in [3.8, 4) is 0 Å². The van der Waals surface area contributed by atoms with E-state index in [0.29, 0.717) is 6.10 Å². The third-order valence-corrected chi connectivity index (χ3v) is 5.35. The zero-order valence-electron chi connectivity index (χ0n) is 14.5. The summed E-state index contributed by atoms with van der Waals surface area (Å²) in [4.78, 5) is 12.2. The number of rotatable bonds is 7. The number of carbonyl (C=O) groups is 1. The molecule has 2 aliphatic rings. The summed E-state index contributed by atoms with van der Waals surface area (Å²) in [6.45, 7) is 5.39. The Morgan fingerprint density at radius 3 is 2.18 bits per heavy atom. The molecule has 3 nitrogen and oxygen atoms in total. The van der Waals surface area contributed by atoms with Crippen molar-refractivity contribution >= 4 is 5.97 Å². The first-order valence-electron chi connectivity index (χ1n) is 9.51. The molecule has 0 N–H and O–H groups in total. The van der Waals surface area contributed by atoms with Crippen LogP contribution in [0.4, 0.5) is 0 Å². The molecule has 2 rings (SSSR count). The van der Waals surface area contributed by atoms with Crippen LogP contribution in [0.25, 0.3) is 0 Å². The third kappa shape index (κ3) is 5.91. The first-order valence-corrected chi connectivity index (χ1v) is 9.51. The maximum atomic E-state index is 12.2. The van der Waals surface area contributed by atoms with E-state index in [0.717, 1.165) is 51.0 Å². The highest BCUT2D eigenvalue weighted by molar-refractivity contribution is 5.72. The fourth-order valence-corrected chi connectivity index (χ4v) is 3.68. The Morgan fingerprint density at radius 1 is 0.909 bits per heavy atom. The van der Waals surface area contributed by atoms with Gasteiger partial charge < -0.3 is 9.47 Å². The summed E-state index contributed by atoms with van der Waals surface area (Å²) >= 11 is 0. The molecule has 2 saturated carbocycles. The van der Waals surface area contributed by atoms with E-state index in [4.69, 9.17) is 9.47 Å². The average Bonchev–Trinajstić information content (AvgIpc) is 2.54. The van der Waals surface area contributed by atoms with Crippen LogP contribution in [0, 0.1) is 11.8 Å². The van der Waals surface area contributed by atoms with Gasteiger partial charge in [-0.2, -0.15) is 0 Å². The molecule has 3 heteroatoms. The van der Waals surface area contributed by atoms with Crippen LogP contribution in [0.15, 0.2) is 0 Å². The Labute approximate surface area is 136 Å². The second-order valence-electron chi connectivity index (χ2n) is 7.37. The van der Waals surface area contributed by atoms with E-state index in [9.17, 15) is 4.79 Å². The largest absolute Gasteiger partial charge is 0.462 e. The lowest BCUT2D eigenvalue weighted by molar-refractivity contribution is -0.158. The fraction of sp³-hybridized carbons (Fsp3) is 0.947. The van der Waals surface area contributed by atoms with E-state index in [-0.39, 0.29) is 18.0 Å². The van der Waals surface area contributed by atoms with Crippen LogP contribution in [0.1, 0.15) is 84.5 Å². The van der Waals surface area contributed by atoms with Crippen LogP contribution >= 0.6 is 0 Å². The highest BCUT2D eigenvalue weighted by Gasteiger charge is 2.29. The second kappa shape index (κ2) is 9.54. The second-order valence-corrected chi connectivity index (χ2v) is 7.37. The minimum absolute atomic E-state index is 0.0687. The minimum atomic E-state index is 0.0687. The van der Waals surface area contributed by atoms with Gasteiger partial charge in [0.15, 0.2) is 0 Å². The SMILES string of the molecule is CCCCCOC1CCC(OC(=O)C2CCC(C)CC2)CC1. The van der Waals surface area contributed by atoms with Gasteiger partial charge in [0.1, 0.15) is 6.10 Å². The lowest BCUT2D eigenvalue weighted by Crippen LogP contribution is -2.31. The molecule has 128 valence electrons. The van der Waals surface area contributed by atoms with Gasteiger partial charge >= 0.3 is 5.97 Å². The van der Waals surface area contributed by atoms with Gasteiger partial charge in [0.05, 0.1) is 12.0 Å². The smallest absolute Gasteiger partial charge is 0.309 e. The van der Waals surface area contributed by atoms with Gasteiger partial charge in [-0.05, 0) is 63.7 Å². The number of unbranched alkanes of at least 4 members (excludes halogenated alkanes) is 2. The van der Waals surface area contributed by atoms with Gasteiger partial charge in [-0.3, -0.25) is 4.79 Å². The molecule has 0 aliphatic heterocycles. The third-order valence-electron chi connectivity index (χ3n) is 5.35. The van der Waals surface area contributed by atoms with Crippen molar-refractivity contribution in [2.24, 2.45) is 11.8 Å². The predicted molar refractivity (Wildman–Crippen MR) is 88.7 cm³/mol. The molecule has 0 aromatic heterocycles. The van der Waals surface area contributed by atoms with Gasteiger partial charge in [0, 0.05) is 6.61 Å². The Hall–Kier alpha value is -0.570.